The Hall–Kier alpha value is -0.860. The third-order valence-electron chi connectivity index (χ3n) is 4.55. The first kappa shape index (κ1) is 28.9. The molecule has 1 aliphatic rings. The first-order chi connectivity index (χ1) is 12.3. The molecule has 0 aliphatic heterocycles. The van der Waals surface area contributed by atoms with Gasteiger partial charge in [-0.25, -0.2) is 0 Å². The number of aliphatic hydroxyl groups excluding tert-OH is 2. The van der Waals surface area contributed by atoms with E-state index >= 15 is 0 Å². The number of rotatable bonds is 4. The molecule has 0 spiro atoms. The minimum absolute atomic E-state index is 0.716. The Kier molecular flexibility index (Phi) is 26.8. The highest BCUT2D eigenvalue weighted by atomic mass is 16.2. The molecule has 1 fully saturated rings. The van der Waals surface area contributed by atoms with E-state index in [1.54, 1.807) is 0 Å². The second-order valence-corrected chi connectivity index (χ2v) is 5.92. The standard InChI is InChI=1S/C17H26.2C2H6.2CH4O/c1-14(16-9-5-3-6-10-16)13-15(2)17-11-7-4-8-12-17;4*1-2/h3,5-6,9-10,14-15,17H,4,7-8,11-13H2,1-2H3;2*1-2H3;2*2H,1H3. The summed E-state index contributed by atoms with van der Waals surface area (Å²) in [5.41, 5.74) is 1.51. The molecule has 0 saturated heterocycles. The van der Waals surface area contributed by atoms with Crippen LogP contribution in [-0.4, -0.2) is 24.4 Å². The zero-order valence-corrected chi connectivity index (χ0v) is 18.3. The lowest BCUT2D eigenvalue weighted by molar-refractivity contribution is 0.244. The van der Waals surface area contributed by atoms with Gasteiger partial charge in [0.2, 0.25) is 0 Å². The van der Waals surface area contributed by atoms with Gasteiger partial charge in [0.15, 0.2) is 0 Å². The van der Waals surface area contributed by atoms with Crippen LogP contribution in [0.3, 0.4) is 0 Å². The summed E-state index contributed by atoms with van der Waals surface area (Å²) >= 11 is 0. The van der Waals surface area contributed by atoms with Crippen molar-refractivity contribution in [3.8, 4) is 0 Å². The van der Waals surface area contributed by atoms with Gasteiger partial charge in [0.05, 0.1) is 0 Å². The highest BCUT2D eigenvalue weighted by Gasteiger charge is 2.21. The lowest BCUT2D eigenvalue weighted by Gasteiger charge is -2.29. The zero-order chi connectivity index (χ0) is 20.1. The Morgan fingerprint density at radius 2 is 1.24 bits per heavy atom. The summed E-state index contributed by atoms with van der Waals surface area (Å²) in [6.45, 7) is 12.9. The number of hydrogen-bond donors (Lipinski definition) is 2. The van der Waals surface area contributed by atoms with Crippen LogP contribution < -0.4 is 0 Å². The molecule has 2 atom stereocenters. The summed E-state index contributed by atoms with van der Waals surface area (Å²) in [7, 11) is 2.00. The maximum atomic E-state index is 7.00. The lowest BCUT2D eigenvalue weighted by Crippen LogP contribution is -2.17. The van der Waals surface area contributed by atoms with E-state index in [1.165, 1.54) is 44.1 Å². The van der Waals surface area contributed by atoms with E-state index in [-0.39, 0.29) is 0 Å². The summed E-state index contributed by atoms with van der Waals surface area (Å²) in [5, 5.41) is 14.0. The van der Waals surface area contributed by atoms with Gasteiger partial charge in [0, 0.05) is 14.2 Å². The molecule has 2 nitrogen and oxygen atoms in total. The van der Waals surface area contributed by atoms with Crippen LogP contribution in [0.5, 0.6) is 0 Å². The van der Waals surface area contributed by atoms with Gasteiger partial charge >= 0.3 is 0 Å². The van der Waals surface area contributed by atoms with Crippen molar-refractivity contribution >= 4 is 0 Å². The molecule has 1 saturated carbocycles. The Balaban J connectivity index is -0.000000533. The van der Waals surface area contributed by atoms with E-state index in [0.29, 0.717) is 5.92 Å². The van der Waals surface area contributed by atoms with E-state index in [1.807, 2.05) is 27.7 Å². The molecule has 150 valence electrons. The van der Waals surface area contributed by atoms with Crippen LogP contribution in [0.15, 0.2) is 30.3 Å². The SMILES string of the molecule is CC.CC.CC(CC(C)C1CCCCC1)c1ccccc1.CO.CO. The Morgan fingerprint density at radius 1 is 0.800 bits per heavy atom. The molecule has 0 aromatic heterocycles. The molecule has 0 amide bonds. The molecule has 2 rings (SSSR count). The smallest absolute Gasteiger partial charge is 0.0319 e. The van der Waals surface area contributed by atoms with Gasteiger partial charge in [0.25, 0.3) is 0 Å². The minimum atomic E-state index is 0.716. The molecule has 2 heteroatoms. The van der Waals surface area contributed by atoms with Crippen molar-refractivity contribution < 1.29 is 10.2 Å². The van der Waals surface area contributed by atoms with Crippen molar-refractivity contribution in [3.05, 3.63) is 35.9 Å². The third-order valence-corrected chi connectivity index (χ3v) is 4.55. The highest BCUT2D eigenvalue weighted by Crippen LogP contribution is 2.35. The van der Waals surface area contributed by atoms with Crippen LogP contribution in [0.4, 0.5) is 0 Å². The van der Waals surface area contributed by atoms with Crippen LogP contribution in [0.1, 0.15) is 91.5 Å². The Morgan fingerprint density at radius 3 is 1.68 bits per heavy atom. The van der Waals surface area contributed by atoms with E-state index in [9.17, 15) is 0 Å². The van der Waals surface area contributed by atoms with Crippen molar-refractivity contribution in [3.63, 3.8) is 0 Å². The fourth-order valence-electron chi connectivity index (χ4n) is 3.37. The van der Waals surface area contributed by atoms with Gasteiger partial charge in [0.1, 0.15) is 0 Å². The molecular weight excluding hydrogens is 308 g/mol. The average molecular weight is 355 g/mol. The van der Waals surface area contributed by atoms with Crippen LogP contribution >= 0.6 is 0 Å². The monoisotopic (exact) mass is 354 g/mol. The van der Waals surface area contributed by atoms with Gasteiger partial charge in [-0.1, -0.05) is 104 Å². The summed E-state index contributed by atoms with van der Waals surface area (Å²) in [6, 6.07) is 11.0. The van der Waals surface area contributed by atoms with Gasteiger partial charge < -0.3 is 10.2 Å². The maximum absolute atomic E-state index is 7.00. The van der Waals surface area contributed by atoms with Crippen molar-refractivity contribution in [2.45, 2.75) is 86.0 Å². The van der Waals surface area contributed by atoms with Crippen LogP contribution in [0, 0.1) is 11.8 Å². The van der Waals surface area contributed by atoms with Gasteiger partial charge in [-0.15, -0.1) is 0 Å². The predicted octanol–water partition coefficient (Wildman–Crippen LogP) is 6.67. The molecule has 1 aromatic carbocycles. The highest BCUT2D eigenvalue weighted by molar-refractivity contribution is 5.18. The molecule has 0 bridgehead atoms. The summed E-state index contributed by atoms with van der Waals surface area (Å²) < 4.78 is 0. The first-order valence-electron chi connectivity index (χ1n) is 10.2. The molecule has 25 heavy (non-hydrogen) atoms. The van der Waals surface area contributed by atoms with Gasteiger partial charge in [-0.3, -0.25) is 0 Å². The van der Waals surface area contributed by atoms with Crippen LogP contribution in [0.25, 0.3) is 0 Å². The minimum Gasteiger partial charge on any atom is -0.400 e. The molecule has 1 aromatic rings. The van der Waals surface area contributed by atoms with Crippen LogP contribution in [-0.2, 0) is 0 Å². The lowest BCUT2D eigenvalue weighted by atomic mass is 9.76. The third kappa shape index (κ3) is 14.0. The first-order valence-corrected chi connectivity index (χ1v) is 10.2. The van der Waals surface area contributed by atoms with Crippen molar-refractivity contribution in [2.75, 3.05) is 14.2 Å². The van der Waals surface area contributed by atoms with E-state index in [0.717, 1.165) is 26.1 Å². The van der Waals surface area contributed by atoms with E-state index in [4.69, 9.17) is 10.2 Å². The number of hydrogen-bond acceptors (Lipinski definition) is 2. The molecule has 0 radical (unpaired) electrons. The molecule has 2 unspecified atom stereocenters. The molecule has 2 N–H and O–H groups in total. The number of benzene rings is 1. The van der Waals surface area contributed by atoms with Crippen LogP contribution in [0.2, 0.25) is 0 Å². The topological polar surface area (TPSA) is 40.5 Å². The summed E-state index contributed by atoms with van der Waals surface area (Å²) in [6.07, 6.45) is 8.71. The van der Waals surface area contributed by atoms with E-state index in [2.05, 4.69) is 44.2 Å². The summed E-state index contributed by atoms with van der Waals surface area (Å²) in [5.74, 6) is 2.61. The predicted molar refractivity (Wildman–Crippen MR) is 114 cm³/mol. The zero-order valence-electron chi connectivity index (χ0n) is 18.3. The fraction of sp³-hybridized carbons (Fsp3) is 0.739. The second kappa shape index (κ2) is 23.1. The Labute approximate surface area is 158 Å². The molecule has 0 heterocycles. The van der Waals surface area contributed by atoms with E-state index < -0.39 is 0 Å². The van der Waals surface area contributed by atoms with Crippen molar-refractivity contribution in [1.29, 1.82) is 0 Å². The molecule has 1 aliphatic carbocycles. The maximum Gasteiger partial charge on any atom is 0.0319 e. The second-order valence-electron chi connectivity index (χ2n) is 5.92. The summed E-state index contributed by atoms with van der Waals surface area (Å²) in [4.78, 5) is 0. The molecular formula is C23H46O2. The Bertz CT molecular complexity index is 318. The number of aliphatic hydroxyl groups is 2. The normalized spacial score (nSPS) is 15.3. The van der Waals surface area contributed by atoms with Crippen molar-refractivity contribution in [1.82, 2.24) is 0 Å². The average Bonchev–Trinajstić information content (AvgIpc) is 2.75. The fourth-order valence-corrected chi connectivity index (χ4v) is 3.37. The van der Waals surface area contributed by atoms with Gasteiger partial charge in [-0.05, 0) is 29.7 Å². The van der Waals surface area contributed by atoms with Gasteiger partial charge in [-0.2, -0.15) is 0 Å². The largest absolute Gasteiger partial charge is 0.400 e. The quantitative estimate of drug-likeness (QED) is 0.634. The van der Waals surface area contributed by atoms with Crippen molar-refractivity contribution in [2.24, 2.45) is 11.8 Å².